The minimum atomic E-state index is 0.540. The Balaban J connectivity index is 1.31. The zero-order valence-electron chi connectivity index (χ0n) is 19.6. The number of nitriles is 1. The molecule has 0 fully saturated rings. The largest absolute Gasteiger partial charge is 0.436 e. The second-order valence-corrected chi connectivity index (χ2v) is 9.21. The summed E-state index contributed by atoms with van der Waals surface area (Å²) >= 11 is 0. The predicted octanol–water partition coefficient (Wildman–Crippen LogP) is 8.25. The van der Waals surface area contributed by atoms with Crippen LogP contribution in [0.25, 0.3) is 50.0 Å². The average molecular weight is 475 g/mol. The van der Waals surface area contributed by atoms with E-state index in [2.05, 4.69) is 99.4 Å². The molecule has 8 rings (SSSR count). The number of oxazole rings is 1. The van der Waals surface area contributed by atoms with Gasteiger partial charge < -0.3 is 13.9 Å². The van der Waals surface area contributed by atoms with E-state index in [9.17, 15) is 5.26 Å². The molecular weight excluding hydrogens is 456 g/mol. The molecule has 5 heteroatoms. The highest BCUT2D eigenvalue weighted by molar-refractivity contribution is 6.16. The molecule has 37 heavy (non-hydrogen) atoms. The highest BCUT2D eigenvalue weighted by Crippen LogP contribution is 2.49. The van der Waals surface area contributed by atoms with Crippen LogP contribution in [0.2, 0.25) is 0 Å². The third kappa shape index (κ3) is 2.75. The topological polar surface area (TPSA) is 58.0 Å². The maximum absolute atomic E-state index is 9.18. The molecule has 0 atom stereocenters. The van der Waals surface area contributed by atoms with Gasteiger partial charge in [0.2, 0.25) is 5.89 Å². The summed E-state index contributed by atoms with van der Waals surface area (Å²) in [5.41, 5.74) is 9.70. The van der Waals surface area contributed by atoms with Crippen LogP contribution in [0.3, 0.4) is 0 Å². The van der Waals surface area contributed by atoms with Crippen molar-refractivity contribution in [3.05, 3.63) is 115 Å². The van der Waals surface area contributed by atoms with Crippen LogP contribution in [-0.2, 0) is 0 Å². The van der Waals surface area contributed by atoms with Gasteiger partial charge in [-0.25, -0.2) is 4.98 Å². The minimum absolute atomic E-state index is 0.540. The SMILES string of the molecule is N#Cc1ccc2nc(-c3ccc(N4c5ccccc5-n5c6ccccc6c6cccc4c65)cc3)oc2c1. The van der Waals surface area contributed by atoms with E-state index >= 15 is 0 Å². The van der Waals surface area contributed by atoms with Gasteiger partial charge in [-0.1, -0.05) is 42.5 Å². The van der Waals surface area contributed by atoms with Crippen molar-refractivity contribution in [2.75, 3.05) is 4.90 Å². The molecule has 0 N–H and O–H groups in total. The summed E-state index contributed by atoms with van der Waals surface area (Å²) in [5.74, 6) is 0.540. The van der Waals surface area contributed by atoms with Gasteiger partial charge in [-0.15, -0.1) is 0 Å². The molecule has 0 bridgehead atoms. The van der Waals surface area contributed by atoms with Crippen molar-refractivity contribution in [2.24, 2.45) is 0 Å². The van der Waals surface area contributed by atoms with E-state index in [4.69, 9.17) is 4.42 Å². The zero-order chi connectivity index (χ0) is 24.5. The normalized spacial score (nSPS) is 12.2. The molecular formula is C32H18N4O. The Kier molecular flexibility index (Phi) is 3.94. The van der Waals surface area contributed by atoms with Gasteiger partial charge in [0, 0.05) is 28.1 Å². The number of hydrogen-bond acceptors (Lipinski definition) is 4. The van der Waals surface area contributed by atoms with Gasteiger partial charge in [0.25, 0.3) is 0 Å². The first-order chi connectivity index (χ1) is 18.3. The molecule has 0 spiro atoms. The maximum Gasteiger partial charge on any atom is 0.227 e. The van der Waals surface area contributed by atoms with Gasteiger partial charge in [-0.05, 0) is 60.7 Å². The molecule has 5 aromatic carbocycles. The Hall–Kier alpha value is -5.34. The maximum atomic E-state index is 9.18. The number of fused-ring (bicyclic) bond motifs is 6. The van der Waals surface area contributed by atoms with Crippen LogP contribution in [0, 0.1) is 11.3 Å². The summed E-state index contributed by atoms with van der Waals surface area (Å²) < 4.78 is 8.37. The first-order valence-electron chi connectivity index (χ1n) is 12.1. The van der Waals surface area contributed by atoms with Crippen LogP contribution in [0.5, 0.6) is 0 Å². The van der Waals surface area contributed by atoms with Crippen molar-refractivity contribution in [2.45, 2.75) is 0 Å². The smallest absolute Gasteiger partial charge is 0.227 e. The van der Waals surface area contributed by atoms with Crippen molar-refractivity contribution >= 4 is 50.0 Å². The monoisotopic (exact) mass is 474 g/mol. The fraction of sp³-hybridized carbons (Fsp3) is 0. The molecule has 7 aromatic rings. The third-order valence-electron chi connectivity index (χ3n) is 7.17. The molecule has 2 aromatic heterocycles. The van der Waals surface area contributed by atoms with Crippen molar-refractivity contribution in [1.29, 1.82) is 5.26 Å². The zero-order valence-corrected chi connectivity index (χ0v) is 19.6. The van der Waals surface area contributed by atoms with Gasteiger partial charge in [-0.2, -0.15) is 5.26 Å². The fourth-order valence-electron chi connectivity index (χ4n) is 5.55. The fourth-order valence-corrected chi connectivity index (χ4v) is 5.55. The third-order valence-corrected chi connectivity index (χ3v) is 7.17. The number of rotatable bonds is 2. The lowest BCUT2D eigenvalue weighted by atomic mass is 10.1. The molecule has 0 amide bonds. The molecule has 0 radical (unpaired) electrons. The summed E-state index contributed by atoms with van der Waals surface area (Å²) in [6.07, 6.45) is 0. The second-order valence-electron chi connectivity index (χ2n) is 9.21. The molecule has 0 saturated carbocycles. The van der Waals surface area contributed by atoms with Gasteiger partial charge in [0.05, 0.1) is 39.7 Å². The Bertz CT molecular complexity index is 2060. The quantitative estimate of drug-likeness (QED) is 0.253. The van der Waals surface area contributed by atoms with Crippen molar-refractivity contribution in [3.63, 3.8) is 0 Å². The van der Waals surface area contributed by atoms with E-state index in [1.165, 1.54) is 21.8 Å². The van der Waals surface area contributed by atoms with Gasteiger partial charge >= 0.3 is 0 Å². The number of benzene rings is 5. The number of hydrogen-bond donors (Lipinski definition) is 0. The van der Waals surface area contributed by atoms with Gasteiger partial charge in [0.1, 0.15) is 5.52 Å². The first kappa shape index (κ1) is 19.9. The van der Waals surface area contributed by atoms with E-state index < -0.39 is 0 Å². The lowest BCUT2D eigenvalue weighted by Gasteiger charge is -2.33. The molecule has 5 nitrogen and oxygen atoms in total. The first-order valence-corrected chi connectivity index (χ1v) is 12.1. The molecule has 0 saturated heterocycles. The summed E-state index contributed by atoms with van der Waals surface area (Å²) in [7, 11) is 0. The van der Waals surface area contributed by atoms with Crippen LogP contribution in [-0.4, -0.2) is 9.55 Å². The molecule has 0 aliphatic carbocycles. The van der Waals surface area contributed by atoms with Crippen molar-refractivity contribution < 1.29 is 4.42 Å². The minimum Gasteiger partial charge on any atom is -0.436 e. The van der Waals surface area contributed by atoms with Crippen molar-refractivity contribution in [1.82, 2.24) is 9.55 Å². The molecule has 1 aliphatic rings. The second kappa shape index (κ2) is 7.33. The lowest BCUT2D eigenvalue weighted by Crippen LogP contribution is -2.17. The van der Waals surface area contributed by atoms with Crippen LogP contribution < -0.4 is 4.90 Å². The number of para-hydroxylation sites is 4. The molecule has 172 valence electrons. The molecule has 3 heterocycles. The Morgan fingerprint density at radius 1 is 0.703 bits per heavy atom. The summed E-state index contributed by atoms with van der Waals surface area (Å²) in [4.78, 5) is 6.95. The lowest BCUT2D eigenvalue weighted by molar-refractivity contribution is 0.620. The van der Waals surface area contributed by atoms with Crippen molar-refractivity contribution in [3.8, 4) is 23.2 Å². The Morgan fingerprint density at radius 3 is 2.32 bits per heavy atom. The van der Waals surface area contributed by atoms with E-state index in [1.807, 2.05) is 18.2 Å². The summed E-state index contributed by atoms with van der Waals surface area (Å²) in [6.45, 7) is 0. The van der Waals surface area contributed by atoms with Crippen LogP contribution in [0.15, 0.2) is 114 Å². The van der Waals surface area contributed by atoms with E-state index in [1.54, 1.807) is 12.1 Å². The summed E-state index contributed by atoms with van der Waals surface area (Å²) in [6, 6.07) is 39.4. The van der Waals surface area contributed by atoms with E-state index in [0.717, 1.165) is 33.8 Å². The number of anilines is 3. The van der Waals surface area contributed by atoms with Gasteiger partial charge in [0.15, 0.2) is 5.58 Å². The van der Waals surface area contributed by atoms with Crippen LogP contribution in [0.4, 0.5) is 17.1 Å². The van der Waals surface area contributed by atoms with E-state index in [-0.39, 0.29) is 0 Å². The summed E-state index contributed by atoms with van der Waals surface area (Å²) in [5, 5.41) is 11.7. The Morgan fingerprint density at radius 2 is 1.46 bits per heavy atom. The van der Waals surface area contributed by atoms with Gasteiger partial charge in [-0.3, -0.25) is 0 Å². The molecule has 1 aliphatic heterocycles. The number of aromatic nitrogens is 2. The predicted molar refractivity (Wildman–Crippen MR) is 147 cm³/mol. The van der Waals surface area contributed by atoms with E-state index in [0.29, 0.717) is 17.0 Å². The average Bonchev–Trinajstić information content (AvgIpc) is 3.54. The highest BCUT2D eigenvalue weighted by atomic mass is 16.3. The Labute approximate surface area is 212 Å². The standard InChI is InChI=1S/C32H18N4O/c33-19-20-12-17-25-30(18-20)37-32(34-25)21-13-15-22(16-14-21)35-27-9-3-4-10-28(27)36-26-8-2-1-6-23(26)24-7-5-11-29(35)31(24)36/h1-18H. The molecule has 0 unspecified atom stereocenters. The highest BCUT2D eigenvalue weighted by Gasteiger charge is 2.28. The van der Waals surface area contributed by atoms with Crippen LogP contribution >= 0.6 is 0 Å². The number of nitrogens with zero attached hydrogens (tertiary/aromatic N) is 4. The van der Waals surface area contributed by atoms with Crippen LogP contribution in [0.1, 0.15) is 5.56 Å².